The molecule has 146 valence electrons. The number of halogens is 1. The zero-order valence-corrected chi connectivity index (χ0v) is 16.0. The molecule has 3 aromatic carbocycles. The van der Waals surface area contributed by atoms with Gasteiger partial charge in [-0.2, -0.15) is 0 Å². The zero-order chi connectivity index (χ0) is 20.2. The maximum atomic E-state index is 13.1. The van der Waals surface area contributed by atoms with Crippen LogP contribution in [0.1, 0.15) is 18.5 Å². The highest BCUT2D eigenvalue weighted by atomic mass is 19.1. The molecule has 0 spiro atoms. The summed E-state index contributed by atoms with van der Waals surface area (Å²) < 4.78 is 21.0. The minimum atomic E-state index is -0.443. The van der Waals surface area contributed by atoms with E-state index in [1.807, 2.05) is 72.3 Å². The van der Waals surface area contributed by atoms with Crippen molar-refractivity contribution in [2.45, 2.75) is 19.6 Å². The molecule has 1 amide bonds. The number of anilines is 1. The third-order valence-corrected chi connectivity index (χ3v) is 4.87. The van der Waals surface area contributed by atoms with Gasteiger partial charge in [0.1, 0.15) is 24.2 Å². The number of fused-ring (bicyclic) bond motifs is 1. The number of aromatic nitrogens is 1. The van der Waals surface area contributed by atoms with Gasteiger partial charge < -0.3 is 14.6 Å². The first-order valence-electron chi connectivity index (χ1n) is 9.44. The van der Waals surface area contributed by atoms with Crippen LogP contribution in [0.5, 0.6) is 5.75 Å². The topological polar surface area (TPSA) is 43.3 Å². The Morgan fingerprint density at radius 1 is 1.00 bits per heavy atom. The molecule has 1 unspecified atom stereocenters. The van der Waals surface area contributed by atoms with Crippen LogP contribution in [0.15, 0.2) is 85.1 Å². The Hall–Kier alpha value is -3.60. The molecule has 1 atom stereocenters. The zero-order valence-electron chi connectivity index (χ0n) is 16.0. The first-order valence-corrected chi connectivity index (χ1v) is 9.44. The minimum absolute atomic E-state index is 0.176. The highest BCUT2D eigenvalue weighted by Gasteiger charge is 2.18. The normalized spacial score (nSPS) is 11.9. The summed E-state index contributed by atoms with van der Waals surface area (Å²) in [5.74, 6) is 0.261. The van der Waals surface area contributed by atoms with Crippen LogP contribution in [-0.2, 0) is 11.4 Å². The fraction of sp³-hybridized carbons (Fsp3) is 0.125. The highest BCUT2D eigenvalue weighted by molar-refractivity contribution is 5.95. The summed E-state index contributed by atoms with van der Waals surface area (Å²) in [4.78, 5) is 12.7. The number of carbonyl (C=O) groups excluding carboxylic acids is 1. The van der Waals surface area contributed by atoms with Crippen molar-refractivity contribution in [1.29, 1.82) is 0 Å². The summed E-state index contributed by atoms with van der Waals surface area (Å²) in [5, 5.41) is 3.77. The van der Waals surface area contributed by atoms with E-state index in [9.17, 15) is 9.18 Å². The molecular weight excluding hydrogens is 367 g/mol. The summed E-state index contributed by atoms with van der Waals surface area (Å²) in [6.45, 7) is 2.31. The molecule has 0 aliphatic heterocycles. The summed E-state index contributed by atoms with van der Waals surface area (Å²) in [6, 6.07) is 23.0. The number of carbonyl (C=O) groups is 1. The van der Waals surface area contributed by atoms with Gasteiger partial charge in [-0.3, -0.25) is 4.79 Å². The van der Waals surface area contributed by atoms with Gasteiger partial charge in [-0.15, -0.1) is 0 Å². The van der Waals surface area contributed by atoms with Gasteiger partial charge in [0.2, 0.25) is 5.91 Å². The molecule has 1 heterocycles. The van der Waals surface area contributed by atoms with Crippen LogP contribution in [0.4, 0.5) is 10.1 Å². The second-order valence-electron chi connectivity index (χ2n) is 6.86. The maximum Gasteiger partial charge on any atom is 0.247 e. The molecule has 0 aliphatic rings. The summed E-state index contributed by atoms with van der Waals surface area (Å²) >= 11 is 0. The summed E-state index contributed by atoms with van der Waals surface area (Å²) in [7, 11) is 0. The molecule has 0 radical (unpaired) electrons. The first-order chi connectivity index (χ1) is 14.1. The smallest absolute Gasteiger partial charge is 0.247 e. The fourth-order valence-electron chi connectivity index (χ4n) is 3.27. The molecule has 1 aromatic heterocycles. The molecule has 0 aliphatic carbocycles. The number of hydrogen-bond acceptors (Lipinski definition) is 2. The van der Waals surface area contributed by atoms with Gasteiger partial charge in [-0.1, -0.05) is 36.4 Å². The molecule has 1 N–H and O–H groups in total. The van der Waals surface area contributed by atoms with Gasteiger partial charge in [0, 0.05) is 17.3 Å². The Balaban J connectivity index is 1.53. The van der Waals surface area contributed by atoms with Crippen molar-refractivity contribution >= 4 is 22.5 Å². The predicted octanol–water partition coefficient (Wildman–Crippen LogP) is 5.56. The van der Waals surface area contributed by atoms with Crippen LogP contribution in [0.25, 0.3) is 10.9 Å². The first kappa shape index (κ1) is 18.7. The van der Waals surface area contributed by atoms with E-state index in [0.717, 1.165) is 22.2 Å². The van der Waals surface area contributed by atoms with Gasteiger partial charge in [0.15, 0.2) is 0 Å². The van der Waals surface area contributed by atoms with Crippen LogP contribution < -0.4 is 10.1 Å². The second-order valence-corrected chi connectivity index (χ2v) is 6.86. The Labute approximate surface area is 168 Å². The number of benzene rings is 3. The monoisotopic (exact) mass is 388 g/mol. The Bertz CT molecular complexity index is 1120. The lowest BCUT2D eigenvalue weighted by Crippen LogP contribution is -2.23. The van der Waals surface area contributed by atoms with E-state index in [2.05, 4.69) is 5.32 Å². The Morgan fingerprint density at radius 3 is 2.52 bits per heavy atom. The van der Waals surface area contributed by atoms with Crippen molar-refractivity contribution in [2.75, 3.05) is 5.32 Å². The number of rotatable bonds is 6. The van der Waals surface area contributed by atoms with Gasteiger partial charge in [-0.05, 0) is 55.0 Å². The molecule has 5 heteroatoms. The van der Waals surface area contributed by atoms with E-state index in [1.54, 1.807) is 12.1 Å². The van der Waals surface area contributed by atoms with Crippen molar-refractivity contribution in [3.05, 3.63) is 96.4 Å². The fourth-order valence-corrected chi connectivity index (χ4v) is 3.27. The molecule has 4 nitrogen and oxygen atoms in total. The van der Waals surface area contributed by atoms with Gasteiger partial charge in [0.25, 0.3) is 0 Å². The van der Waals surface area contributed by atoms with Crippen LogP contribution in [-0.4, -0.2) is 10.5 Å². The van der Waals surface area contributed by atoms with Gasteiger partial charge in [-0.25, -0.2) is 4.39 Å². The quantitative estimate of drug-likeness (QED) is 0.470. The lowest BCUT2D eigenvalue weighted by Gasteiger charge is -2.16. The van der Waals surface area contributed by atoms with E-state index in [1.165, 1.54) is 12.1 Å². The average Bonchev–Trinajstić information content (AvgIpc) is 3.19. The van der Waals surface area contributed by atoms with Crippen molar-refractivity contribution in [2.24, 2.45) is 0 Å². The third kappa shape index (κ3) is 4.14. The van der Waals surface area contributed by atoms with E-state index in [0.29, 0.717) is 12.3 Å². The third-order valence-electron chi connectivity index (χ3n) is 4.87. The van der Waals surface area contributed by atoms with Crippen molar-refractivity contribution in [3.8, 4) is 5.75 Å². The van der Waals surface area contributed by atoms with Crippen LogP contribution in [0.2, 0.25) is 0 Å². The van der Waals surface area contributed by atoms with Crippen LogP contribution in [0, 0.1) is 5.82 Å². The molecule has 0 saturated carbocycles. The van der Waals surface area contributed by atoms with E-state index < -0.39 is 6.04 Å². The second kappa shape index (κ2) is 8.19. The number of hydrogen-bond donors (Lipinski definition) is 1. The highest BCUT2D eigenvalue weighted by Crippen LogP contribution is 2.29. The number of nitrogens with one attached hydrogen (secondary N) is 1. The molecule has 0 fully saturated rings. The molecule has 4 rings (SSSR count). The number of amides is 1. The van der Waals surface area contributed by atoms with Gasteiger partial charge >= 0.3 is 0 Å². The van der Waals surface area contributed by atoms with Crippen molar-refractivity contribution < 1.29 is 13.9 Å². The standard InChI is InChI=1S/C24H21FN2O2/c1-17(24(28)26-20-12-10-19(25)11-13-20)27-15-14-21-22(27)8-5-9-23(21)29-16-18-6-3-2-4-7-18/h2-15,17H,16H2,1H3,(H,26,28). The molecule has 29 heavy (non-hydrogen) atoms. The molecule has 0 bridgehead atoms. The lowest BCUT2D eigenvalue weighted by atomic mass is 10.2. The van der Waals surface area contributed by atoms with E-state index >= 15 is 0 Å². The summed E-state index contributed by atoms with van der Waals surface area (Å²) in [6.07, 6.45) is 1.88. The average molecular weight is 388 g/mol. The van der Waals surface area contributed by atoms with Crippen LogP contribution >= 0.6 is 0 Å². The van der Waals surface area contributed by atoms with Crippen molar-refractivity contribution in [3.63, 3.8) is 0 Å². The number of ether oxygens (including phenoxy) is 1. The lowest BCUT2D eigenvalue weighted by molar-refractivity contribution is -0.118. The van der Waals surface area contributed by atoms with Gasteiger partial charge in [0.05, 0.1) is 5.52 Å². The van der Waals surface area contributed by atoms with Crippen LogP contribution in [0.3, 0.4) is 0 Å². The minimum Gasteiger partial charge on any atom is -0.488 e. The Morgan fingerprint density at radius 2 is 1.76 bits per heavy atom. The van der Waals surface area contributed by atoms with E-state index in [4.69, 9.17) is 4.74 Å². The summed E-state index contributed by atoms with van der Waals surface area (Å²) in [5.41, 5.74) is 2.57. The van der Waals surface area contributed by atoms with Crippen molar-refractivity contribution in [1.82, 2.24) is 4.57 Å². The number of nitrogens with zero attached hydrogens (tertiary/aromatic N) is 1. The largest absolute Gasteiger partial charge is 0.488 e. The molecular formula is C24H21FN2O2. The maximum absolute atomic E-state index is 13.1. The SMILES string of the molecule is CC(C(=O)Nc1ccc(F)cc1)n1ccc2c(OCc3ccccc3)cccc21. The predicted molar refractivity (Wildman–Crippen MR) is 112 cm³/mol. The molecule has 4 aromatic rings. The molecule has 0 saturated heterocycles. The van der Waals surface area contributed by atoms with E-state index in [-0.39, 0.29) is 11.7 Å². The Kier molecular flexibility index (Phi) is 5.29.